The molecule has 152 valence electrons. The van der Waals surface area contributed by atoms with E-state index in [-0.39, 0.29) is 23.6 Å². The average Bonchev–Trinajstić information content (AvgIpc) is 3.25. The quantitative estimate of drug-likeness (QED) is 0.559. The number of hydrogen-bond acceptors (Lipinski definition) is 7. The highest BCUT2D eigenvalue weighted by atomic mass is 32.2. The second-order valence-electron chi connectivity index (χ2n) is 6.54. The van der Waals surface area contributed by atoms with Crippen molar-refractivity contribution in [2.45, 2.75) is 32.0 Å². The lowest BCUT2D eigenvalue weighted by molar-refractivity contribution is -0.113. The van der Waals surface area contributed by atoms with Gasteiger partial charge in [-0.3, -0.25) is 9.59 Å². The van der Waals surface area contributed by atoms with Crippen LogP contribution in [0.15, 0.2) is 34.8 Å². The molecular weight excluding hydrogens is 408 g/mol. The van der Waals surface area contributed by atoms with E-state index < -0.39 is 0 Å². The zero-order valence-electron chi connectivity index (χ0n) is 16.6. The van der Waals surface area contributed by atoms with Crippen molar-refractivity contribution in [3.8, 4) is 0 Å². The molecule has 0 fully saturated rings. The Bertz CT molecular complexity index is 1030. The molecule has 2 N–H and O–H groups in total. The summed E-state index contributed by atoms with van der Waals surface area (Å²) in [5, 5.41) is 17.1. The molecule has 0 spiro atoms. The number of hydrogen-bond donors (Lipinski definition) is 2. The van der Waals surface area contributed by atoms with E-state index in [0.717, 1.165) is 11.3 Å². The van der Waals surface area contributed by atoms with Gasteiger partial charge in [-0.05, 0) is 32.4 Å². The van der Waals surface area contributed by atoms with E-state index in [2.05, 4.69) is 25.8 Å². The highest BCUT2D eigenvalue weighted by molar-refractivity contribution is 7.99. The highest BCUT2D eigenvalue weighted by Gasteiger charge is 2.19. The van der Waals surface area contributed by atoms with E-state index in [1.807, 2.05) is 51.4 Å². The van der Waals surface area contributed by atoms with Crippen LogP contribution in [0, 0.1) is 13.8 Å². The monoisotopic (exact) mass is 430 g/mol. The van der Waals surface area contributed by atoms with Gasteiger partial charge in [-0.2, -0.15) is 0 Å². The minimum atomic E-state index is -0.332. The summed E-state index contributed by atoms with van der Waals surface area (Å²) < 4.78 is 1.79. The topological polar surface area (TPSA) is 102 Å². The van der Waals surface area contributed by atoms with Crippen LogP contribution in [0.4, 0.5) is 5.13 Å². The molecule has 8 nitrogen and oxygen atoms in total. The largest absolute Gasteiger partial charge is 0.342 e. The summed E-state index contributed by atoms with van der Waals surface area (Å²) in [6, 6.07) is 7.09. The zero-order valence-corrected chi connectivity index (χ0v) is 18.2. The number of thioether (sulfide) groups is 1. The summed E-state index contributed by atoms with van der Waals surface area (Å²) in [5.41, 5.74) is 2.41. The molecule has 29 heavy (non-hydrogen) atoms. The molecular formula is C19H22N6O2S2. The number of carbonyl (C=O) groups is 2. The fourth-order valence-electron chi connectivity index (χ4n) is 2.69. The van der Waals surface area contributed by atoms with Crippen molar-refractivity contribution < 1.29 is 9.59 Å². The van der Waals surface area contributed by atoms with Crippen molar-refractivity contribution >= 4 is 40.0 Å². The van der Waals surface area contributed by atoms with Gasteiger partial charge in [-0.1, -0.05) is 30.0 Å². The van der Waals surface area contributed by atoms with E-state index in [0.29, 0.717) is 21.7 Å². The summed E-state index contributed by atoms with van der Waals surface area (Å²) in [7, 11) is 1.82. The molecule has 1 aromatic carbocycles. The van der Waals surface area contributed by atoms with Crippen LogP contribution in [0.5, 0.6) is 0 Å². The molecule has 3 aromatic rings. The molecule has 0 saturated heterocycles. The lowest BCUT2D eigenvalue weighted by Crippen LogP contribution is -2.29. The molecule has 0 bridgehead atoms. The van der Waals surface area contributed by atoms with Gasteiger partial charge in [0.1, 0.15) is 0 Å². The number of carbonyl (C=O) groups excluding carboxylic acids is 2. The van der Waals surface area contributed by atoms with Crippen LogP contribution in [0.2, 0.25) is 0 Å². The number of nitrogens with one attached hydrogen (secondary N) is 2. The maximum absolute atomic E-state index is 12.5. The van der Waals surface area contributed by atoms with Crippen molar-refractivity contribution in [1.82, 2.24) is 25.1 Å². The molecule has 0 saturated carbocycles. The third-order valence-corrected chi connectivity index (χ3v) is 6.09. The first kappa shape index (κ1) is 21.0. The number of benzene rings is 1. The zero-order chi connectivity index (χ0) is 21.0. The molecule has 2 aromatic heterocycles. The van der Waals surface area contributed by atoms with Crippen molar-refractivity contribution in [3.05, 3.63) is 52.3 Å². The lowest BCUT2D eigenvalue weighted by atomic mass is 10.1. The van der Waals surface area contributed by atoms with Crippen LogP contribution >= 0.6 is 23.1 Å². The third-order valence-electron chi connectivity index (χ3n) is 4.19. The van der Waals surface area contributed by atoms with E-state index in [9.17, 15) is 9.59 Å². The maximum atomic E-state index is 12.5. The summed E-state index contributed by atoms with van der Waals surface area (Å²) in [6.45, 7) is 5.63. The van der Waals surface area contributed by atoms with Crippen molar-refractivity contribution in [3.63, 3.8) is 0 Å². The third kappa shape index (κ3) is 5.21. The second kappa shape index (κ2) is 9.19. The average molecular weight is 431 g/mol. The van der Waals surface area contributed by atoms with E-state index >= 15 is 0 Å². The van der Waals surface area contributed by atoms with E-state index in [1.54, 1.807) is 10.6 Å². The molecule has 2 heterocycles. The number of aryl methyl sites for hydroxylation is 2. The number of nitrogens with zero attached hydrogens (tertiary/aromatic N) is 4. The van der Waals surface area contributed by atoms with Crippen LogP contribution in [0.25, 0.3) is 0 Å². The molecule has 0 aliphatic rings. The van der Waals surface area contributed by atoms with Crippen LogP contribution in [0.1, 0.15) is 40.4 Å². The second-order valence-corrected chi connectivity index (χ2v) is 8.34. The Morgan fingerprint density at radius 2 is 2.00 bits per heavy atom. The van der Waals surface area contributed by atoms with Crippen LogP contribution < -0.4 is 10.6 Å². The molecule has 2 amide bonds. The van der Waals surface area contributed by atoms with Gasteiger partial charge < -0.3 is 15.2 Å². The van der Waals surface area contributed by atoms with Crippen LogP contribution in [-0.2, 0) is 11.8 Å². The van der Waals surface area contributed by atoms with Gasteiger partial charge in [-0.25, -0.2) is 4.98 Å². The summed E-state index contributed by atoms with van der Waals surface area (Å²) in [6.07, 6.45) is 0. The predicted octanol–water partition coefficient (Wildman–Crippen LogP) is 3.11. The standard InChI is InChI=1S/C19H22N6O2S2/c1-11-7-5-6-8-14(11)17(27)21-13(3)16-23-24-19(25(16)4)29-10-15(26)22-18-20-12(2)9-28-18/h5-9,13H,10H2,1-4H3,(H,21,27)(H,20,22,26)/t13-/m0/s1. The molecule has 3 rings (SSSR count). The number of amides is 2. The van der Waals surface area contributed by atoms with Gasteiger partial charge in [0, 0.05) is 18.0 Å². The number of rotatable bonds is 7. The Morgan fingerprint density at radius 1 is 1.24 bits per heavy atom. The van der Waals surface area contributed by atoms with Crippen LogP contribution in [0.3, 0.4) is 0 Å². The smallest absolute Gasteiger partial charge is 0.252 e. The normalized spacial score (nSPS) is 11.9. The SMILES string of the molecule is Cc1csc(NC(=O)CSc2nnc([C@H](C)NC(=O)c3ccccc3C)n2C)n1. The van der Waals surface area contributed by atoms with Crippen molar-refractivity contribution in [1.29, 1.82) is 0 Å². The number of anilines is 1. The van der Waals surface area contributed by atoms with Gasteiger partial charge in [-0.15, -0.1) is 21.5 Å². The molecule has 10 heteroatoms. The minimum Gasteiger partial charge on any atom is -0.342 e. The minimum absolute atomic E-state index is 0.158. The number of aromatic nitrogens is 4. The molecule has 0 radical (unpaired) electrons. The first-order chi connectivity index (χ1) is 13.8. The fraction of sp³-hybridized carbons (Fsp3) is 0.316. The van der Waals surface area contributed by atoms with Crippen molar-refractivity contribution in [2.24, 2.45) is 7.05 Å². The molecule has 0 aliphatic carbocycles. The van der Waals surface area contributed by atoms with E-state index in [1.165, 1.54) is 23.1 Å². The van der Waals surface area contributed by atoms with E-state index in [4.69, 9.17) is 0 Å². The Kier molecular flexibility index (Phi) is 6.65. The van der Waals surface area contributed by atoms with Gasteiger partial charge in [0.15, 0.2) is 16.1 Å². The summed E-state index contributed by atoms with van der Waals surface area (Å²) >= 11 is 2.67. The maximum Gasteiger partial charge on any atom is 0.252 e. The summed E-state index contributed by atoms with van der Waals surface area (Å²) in [4.78, 5) is 28.8. The van der Waals surface area contributed by atoms with Crippen molar-refractivity contribution in [2.75, 3.05) is 11.1 Å². The van der Waals surface area contributed by atoms with Gasteiger partial charge >= 0.3 is 0 Å². The van der Waals surface area contributed by atoms with Gasteiger partial charge in [0.05, 0.1) is 17.5 Å². The Morgan fingerprint density at radius 3 is 2.69 bits per heavy atom. The molecule has 0 unspecified atom stereocenters. The fourth-order valence-corrected chi connectivity index (χ4v) is 4.11. The van der Waals surface area contributed by atoms with Gasteiger partial charge in [0.2, 0.25) is 5.91 Å². The molecule has 1 atom stereocenters. The predicted molar refractivity (Wildman–Crippen MR) is 114 cm³/mol. The highest BCUT2D eigenvalue weighted by Crippen LogP contribution is 2.21. The van der Waals surface area contributed by atoms with Gasteiger partial charge in [0.25, 0.3) is 5.91 Å². The summed E-state index contributed by atoms with van der Waals surface area (Å²) in [5.74, 6) is 0.486. The Labute approximate surface area is 177 Å². The number of thiazole rings is 1. The first-order valence-electron chi connectivity index (χ1n) is 8.95. The van der Waals surface area contributed by atoms with Crippen LogP contribution in [-0.4, -0.2) is 37.3 Å². The molecule has 0 aliphatic heterocycles. The first-order valence-corrected chi connectivity index (χ1v) is 10.8. The Balaban J connectivity index is 1.59. The Hall–Kier alpha value is -2.72. The lowest BCUT2D eigenvalue weighted by Gasteiger charge is -2.14.